The first-order valence-electron chi connectivity index (χ1n) is 7.25. The zero-order valence-corrected chi connectivity index (χ0v) is 14.1. The summed E-state index contributed by atoms with van der Waals surface area (Å²) in [5, 5.41) is 0. The van der Waals surface area contributed by atoms with Crippen LogP contribution in [0.15, 0.2) is 53.4 Å². The smallest absolute Gasteiger partial charge is 0.241 e. The van der Waals surface area contributed by atoms with E-state index in [1.807, 2.05) is 26.0 Å². The Hall–Kier alpha value is -1.92. The highest BCUT2D eigenvalue weighted by Crippen LogP contribution is 2.26. The molecule has 2 rings (SSSR count). The fourth-order valence-corrected chi connectivity index (χ4v) is 3.62. The monoisotopic (exact) mass is 337 g/mol. The molecule has 0 fully saturated rings. The number of hydrogen-bond acceptors (Lipinski definition) is 3. The van der Waals surface area contributed by atoms with Gasteiger partial charge in [0.2, 0.25) is 10.0 Å². The number of methoxy groups -OCH3 is 1. The van der Waals surface area contributed by atoms with Crippen molar-refractivity contribution in [3.05, 3.63) is 59.9 Å². The zero-order valence-electron chi connectivity index (χ0n) is 13.3. The van der Waals surface area contributed by atoms with Gasteiger partial charge in [0.25, 0.3) is 0 Å². The van der Waals surface area contributed by atoms with Crippen LogP contribution >= 0.6 is 0 Å². The predicted molar refractivity (Wildman–Crippen MR) is 87.3 cm³/mol. The molecule has 2 aromatic carbocycles. The second-order valence-electron chi connectivity index (χ2n) is 5.57. The quantitative estimate of drug-likeness (QED) is 0.877. The van der Waals surface area contributed by atoms with Crippen LogP contribution in [0.1, 0.15) is 25.5 Å². The maximum absolute atomic E-state index is 13.0. The summed E-state index contributed by atoms with van der Waals surface area (Å²) in [6.45, 7) is 3.87. The third-order valence-corrected chi connectivity index (χ3v) is 5.00. The summed E-state index contributed by atoms with van der Waals surface area (Å²) in [7, 11) is -2.16. The number of hydrogen-bond donors (Lipinski definition) is 1. The van der Waals surface area contributed by atoms with Gasteiger partial charge < -0.3 is 4.74 Å². The molecular weight excluding hydrogens is 317 g/mol. The number of nitrogens with one attached hydrogen (secondary N) is 1. The van der Waals surface area contributed by atoms with Crippen molar-refractivity contribution >= 4 is 10.0 Å². The summed E-state index contributed by atoms with van der Waals surface area (Å²) >= 11 is 0. The Morgan fingerprint density at radius 2 is 1.57 bits per heavy atom. The van der Waals surface area contributed by atoms with Crippen molar-refractivity contribution in [1.29, 1.82) is 0 Å². The molecule has 6 heteroatoms. The minimum absolute atomic E-state index is 0.0399. The lowest BCUT2D eigenvalue weighted by Crippen LogP contribution is -2.31. The first kappa shape index (κ1) is 17.4. The zero-order chi connectivity index (χ0) is 17.0. The van der Waals surface area contributed by atoms with Gasteiger partial charge in [0, 0.05) is 6.04 Å². The summed E-state index contributed by atoms with van der Waals surface area (Å²) in [5.41, 5.74) is 0.839. The van der Waals surface area contributed by atoms with Gasteiger partial charge in [-0.05, 0) is 47.9 Å². The van der Waals surface area contributed by atoms with Crippen LogP contribution in [-0.4, -0.2) is 15.5 Å². The molecule has 2 aromatic rings. The van der Waals surface area contributed by atoms with E-state index in [0.717, 1.165) is 17.7 Å². The van der Waals surface area contributed by atoms with Crippen molar-refractivity contribution in [3.8, 4) is 5.75 Å². The Morgan fingerprint density at radius 1 is 1.00 bits per heavy atom. The van der Waals surface area contributed by atoms with E-state index in [2.05, 4.69) is 4.72 Å². The molecule has 0 bridgehead atoms. The van der Waals surface area contributed by atoms with Crippen molar-refractivity contribution in [2.24, 2.45) is 5.92 Å². The molecule has 0 aromatic heterocycles. The van der Waals surface area contributed by atoms with E-state index in [1.165, 1.54) is 12.1 Å². The Balaban J connectivity index is 2.29. The van der Waals surface area contributed by atoms with E-state index in [-0.39, 0.29) is 10.8 Å². The molecule has 4 nitrogen and oxygen atoms in total. The van der Waals surface area contributed by atoms with Crippen LogP contribution in [0.25, 0.3) is 0 Å². The molecule has 0 aliphatic carbocycles. The highest BCUT2D eigenvalue weighted by atomic mass is 32.2. The third kappa shape index (κ3) is 4.30. The average Bonchev–Trinajstić information content (AvgIpc) is 2.53. The van der Waals surface area contributed by atoms with E-state index in [9.17, 15) is 12.8 Å². The molecule has 0 unspecified atom stereocenters. The number of benzene rings is 2. The number of halogens is 1. The molecule has 0 aliphatic rings. The van der Waals surface area contributed by atoms with Gasteiger partial charge in [-0.3, -0.25) is 0 Å². The fourth-order valence-electron chi connectivity index (χ4n) is 2.25. The average molecular weight is 337 g/mol. The van der Waals surface area contributed by atoms with Gasteiger partial charge in [0.1, 0.15) is 11.6 Å². The normalized spacial score (nSPS) is 13.1. The van der Waals surface area contributed by atoms with Crippen LogP contribution in [-0.2, 0) is 10.0 Å². The molecule has 124 valence electrons. The maximum Gasteiger partial charge on any atom is 0.241 e. The van der Waals surface area contributed by atoms with Crippen molar-refractivity contribution in [2.45, 2.75) is 24.8 Å². The lowest BCUT2D eigenvalue weighted by atomic mass is 9.97. The molecular formula is C17H20FNO3S. The fraction of sp³-hybridized carbons (Fsp3) is 0.294. The third-order valence-electron chi connectivity index (χ3n) is 3.55. The van der Waals surface area contributed by atoms with Gasteiger partial charge in [-0.15, -0.1) is 0 Å². The van der Waals surface area contributed by atoms with Gasteiger partial charge in [0.15, 0.2) is 0 Å². The molecule has 0 aliphatic heterocycles. The maximum atomic E-state index is 13.0. The highest BCUT2D eigenvalue weighted by Gasteiger charge is 2.24. The van der Waals surface area contributed by atoms with Crippen molar-refractivity contribution < 1.29 is 17.5 Å². The molecule has 0 saturated heterocycles. The lowest BCUT2D eigenvalue weighted by molar-refractivity contribution is 0.413. The molecule has 0 heterocycles. The van der Waals surface area contributed by atoms with Gasteiger partial charge in [-0.2, -0.15) is 0 Å². The second-order valence-corrected chi connectivity index (χ2v) is 7.28. The molecule has 0 spiro atoms. The topological polar surface area (TPSA) is 55.4 Å². The van der Waals surface area contributed by atoms with Crippen molar-refractivity contribution in [1.82, 2.24) is 4.72 Å². The molecule has 0 saturated carbocycles. The molecule has 1 atom stereocenters. The van der Waals surface area contributed by atoms with Crippen LogP contribution in [0.4, 0.5) is 4.39 Å². The Labute approximate surface area is 136 Å². The van der Waals surface area contributed by atoms with E-state index in [1.54, 1.807) is 19.2 Å². The summed E-state index contributed by atoms with van der Waals surface area (Å²) in [6, 6.07) is 11.6. The first-order chi connectivity index (χ1) is 10.8. The molecule has 0 amide bonds. The van der Waals surface area contributed by atoms with Crippen LogP contribution in [0.2, 0.25) is 0 Å². The van der Waals surface area contributed by atoms with E-state index in [4.69, 9.17) is 4.74 Å². The van der Waals surface area contributed by atoms with Crippen LogP contribution in [0, 0.1) is 11.7 Å². The minimum atomic E-state index is -3.73. The molecule has 23 heavy (non-hydrogen) atoms. The summed E-state index contributed by atoms with van der Waals surface area (Å²) in [5.74, 6) is 0.274. The van der Waals surface area contributed by atoms with Gasteiger partial charge in [0.05, 0.1) is 12.0 Å². The Kier molecular flexibility index (Phi) is 5.38. The van der Waals surface area contributed by atoms with Crippen molar-refractivity contribution in [3.63, 3.8) is 0 Å². The van der Waals surface area contributed by atoms with Crippen molar-refractivity contribution in [2.75, 3.05) is 7.11 Å². The predicted octanol–water partition coefficient (Wildman–Crippen LogP) is 3.51. The summed E-state index contributed by atoms with van der Waals surface area (Å²) < 4.78 is 45.8. The number of rotatable bonds is 6. The first-order valence-corrected chi connectivity index (χ1v) is 8.73. The van der Waals surface area contributed by atoms with Crippen LogP contribution < -0.4 is 9.46 Å². The van der Waals surface area contributed by atoms with E-state index < -0.39 is 21.9 Å². The number of sulfonamides is 1. The second kappa shape index (κ2) is 7.10. The number of ether oxygens (including phenoxy) is 1. The summed E-state index contributed by atoms with van der Waals surface area (Å²) in [4.78, 5) is 0.0399. The van der Waals surface area contributed by atoms with Crippen LogP contribution in [0.5, 0.6) is 5.75 Å². The van der Waals surface area contributed by atoms with Gasteiger partial charge in [-0.25, -0.2) is 17.5 Å². The van der Waals surface area contributed by atoms with Gasteiger partial charge >= 0.3 is 0 Å². The largest absolute Gasteiger partial charge is 0.497 e. The molecule has 1 N–H and O–H groups in total. The Morgan fingerprint density at radius 3 is 2.04 bits per heavy atom. The van der Waals surface area contributed by atoms with Gasteiger partial charge in [-0.1, -0.05) is 26.0 Å². The van der Waals surface area contributed by atoms with E-state index in [0.29, 0.717) is 5.75 Å². The SMILES string of the molecule is COc1ccc([C@H](NS(=O)(=O)c2ccc(F)cc2)C(C)C)cc1. The standard InChI is InChI=1S/C17H20FNO3S/c1-12(2)17(13-4-8-15(22-3)9-5-13)19-23(20,21)16-10-6-14(18)7-11-16/h4-12,17,19H,1-3H3/t17-/m1/s1. The lowest BCUT2D eigenvalue weighted by Gasteiger charge is -2.23. The minimum Gasteiger partial charge on any atom is -0.497 e. The Bertz CT molecular complexity index is 740. The summed E-state index contributed by atoms with van der Waals surface area (Å²) in [6.07, 6.45) is 0. The molecule has 0 radical (unpaired) electrons. The van der Waals surface area contributed by atoms with E-state index >= 15 is 0 Å². The van der Waals surface area contributed by atoms with Crippen LogP contribution in [0.3, 0.4) is 0 Å². The highest BCUT2D eigenvalue weighted by molar-refractivity contribution is 7.89.